The molecule has 1 aromatic carbocycles. The molecular formula is C14H18FN3O3. The van der Waals surface area contributed by atoms with Gasteiger partial charge in [0.05, 0.1) is 18.1 Å². The van der Waals surface area contributed by atoms with Crippen LogP contribution in [0.5, 0.6) is 5.75 Å². The van der Waals surface area contributed by atoms with Crippen LogP contribution in [0.4, 0.5) is 15.8 Å². The van der Waals surface area contributed by atoms with Crippen LogP contribution in [0.25, 0.3) is 0 Å². The van der Waals surface area contributed by atoms with Crippen LogP contribution < -0.4 is 15.0 Å². The van der Waals surface area contributed by atoms with Crippen molar-refractivity contribution in [1.82, 2.24) is 5.32 Å². The van der Waals surface area contributed by atoms with Crippen LogP contribution in [0, 0.1) is 27.8 Å². The number of hydrogen-bond donors (Lipinski definition) is 1. The minimum atomic E-state index is -0.703. The van der Waals surface area contributed by atoms with Crippen molar-refractivity contribution in [2.45, 2.75) is 6.42 Å². The molecule has 21 heavy (non-hydrogen) atoms. The first kappa shape index (κ1) is 14.1. The third-order valence-electron chi connectivity index (χ3n) is 4.49. The van der Waals surface area contributed by atoms with Gasteiger partial charge in [-0.2, -0.15) is 0 Å². The highest BCUT2D eigenvalue weighted by Gasteiger charge is 2.35. The largest absolute Gasteiger partial charge is 0.494 e. The fourth-order valence-corrected chi connectivity index (χ4v) is 3.34. The average Bonchev–Trinajstić information content (AvgIpc) is 2.94. The van der Waals surface area contributed by atoms with E-state index in [2.05, 4.69) is 5.32 Å². The lowest BCUT2D eigenvalue weighted by molar-refractivity contribution is -0.384. The van der Waals surface area contributed by atoms with E-state index in [4.69, 9.17) is 4.74 Å². The summed E-state index contributed by atoms with van der Waals surface area (Å²) < 4.78 is 18.7. The van der Waals surface area contributed by atoms with Crippen molar-refractivity contribution in [2.24, 2.45) is 11.8 Å². The standard InChI is InChI=1S/C14H18FN3O3/c1-21-14-5-12(13(18(19)20)4-11(14)15)17-3-2-9-6-16-7-10(9)8-17/h4-5,9-10,16H,2-3,6-8H2,1H3. The quantitative estimate of drug-likeness (QED) is 0.680. The number of halogens is 1. The molecule has 0 amide bonds. The van der Waals surface area contributed by atoms with Gasteiger partial charge in [0.15, 0.2) is 11.6 Å². The molecule has 1 aromatic rings. The maximum Gasteiger partial charge on any atom is 0.295 e. The topological polar surface area (TPSA) is 67.6 Å². The monoisotopic (exact) mass is 295 g/mol. The van der Waals surface area contributed by atoms with Crippen LogP contribution in [-0.2, 0) is 0 Å². The third-order valence-corrected chi connectivity index (χ3v) is 4.49. The van der Waals surface area contributed by atoms with Crippen LogP contribution in [0.2, 0.25) is 0 Å². The van der Waals surface area contributed by atoms with E-state index in [0.29, 0.717) is 17.5 Å². The van der Waals surface area contributed by atoms with Gasteiger partial charge in [0.25, 0.3) is 5.69 Å². The van der Waals surface area contributed by atoms with Gasteiger partial charge in [0.1, 0.15) is 5.69 Å². The molecule has 0 aromatic heterocycles. The number of ether oxygens (including phenoxy) is 1. The maximum absolute atomic E-state index is 13.7. The van der Waals surface area contributed by atoms with Gasteiger partial charge < -0.3 is 15.0 Å². The molecule has 2 aliphatic heterocycles. The summed E-state index contributed by atoms with van der Waals surface area (Å²) >= 11 is 0. The smallest absolute Gasteiger partial charge is 0.295 e. The first-order chi connectivity index (χ1) is 10.1. The van der Waals surface area contributed by atoms with Crippen LogP contribution in [0.1, 0.15) is 6.42 Å². The molecule has 114 valence electrons. The van der Waals surface area contributed by atoms with Crippen LogP contribution in [-0.4, -0.2) is 38.2 Å². The molecule has 2 saturated heterocycles. The first-order valence-electron chi connectivity index (χ1n) is 7.07. The van der Waals surface area contributed by atoms with Gasteiger partial charge in [-0.3, -0.25) is 10.1 Å². The number of anilines is 1. The number of piperidine rings is 1. The molecule has 2 unspecified atom stereocenters. The fraction of sp³-hybridized carbons (Fsp3) is 0.571. The number of benzene rings is 1. The van der Waals surface area contributed by atoms with E-state index in [1.807, 2.05) is 4.90 Å². The van der Waals surface area contributed by atoms with Crippen LogP contribution in [0.15, 0.2) is 12.1 Å². The fourth-order valence-electron chi connectivity index (χ4n) is 3.34. The number of nitro groups is 1. The van der Waals surface area contributed by atoms with Crippen molar-refractivity contribution in [1.29, 1.82) is 0 Å². The van der Waals surface area contributed by atoms with Gasteiger partial charge in [-0.05, 0) is 31.3 Å². The van der Waals surface area contributed by atoms with E-state index in [1.54, 1.807) is 0 Å². The van der Waals surface area contributed by atoms with Crippen LogP contribution >= 0.6 is 0 Å². The second-order valence-corrected chi connectivity index (χ2v) is 5.65. The van der Waals surface area contributed by atoms with Crippen LogP contribution in [0.3, 0.4) is 0 Å². The Balaban J connectivity index is 1.94. The Morgan fingerprint density at radius 3 is 2.90 bits per heavy atom. The van der Waals surface area contributed by atoms with E-state index in [1.165, 1.54) is 13.2 Å². The van der Waals surface area contributed by atoms with E-state index in [9.17, 15) is 14.5 Å². The highest BCUT2D eigenvalue weighted by atomic mass is 19.1. The van der Waals surface area contributed by atoms with Crippen molar-refractivity contribution >= 4 is 11.4 Å². The Bertz CT molecular complexity index is 567. The number of nitrogens with one attached hydrogen (secondary N) is 1. The number of hydrogen-bond acceptors (Lipinski definition) is 5. The Morgan fingerprint density at radius 2 is 2.19 bits per heavy atom. The van der Waals surface area contributed by atoms with Gasteiger partial charge in [-0.1, -0.05) is 0 Å². The van der Waals surface area contributed by atoms with Gasteiger partial charge in [0, 0.05) is 19.2 Å². The lowest BCUT2D eigenvalue weighted by Crippen LogP contribution is -2.40. The molecule has 0 aliphatic carbocycles. The van der Waals surface area contributed by atoms with Gasteiger partial charge >= 0.3 is 0 Å². The second-order valence-electron chi connectivity index (χ2n) is 5.65. The summed E-state index contributed by atoms with van der Waals surface area (Å²) in [7, 11) is 1.36. The lowest BCUT2D eigenvalue weighted by atomic mass is 9.88. The zero-order valence-electron chi connectivity index (χ0n) is 11.8. The van der Waals surface area contributed by atoms with E-state index < -0.39 is 10.7 Å². The number of methoxy groups -OCH3 is 1. The Hall–Kier alpha value is -1.89. The van der Waals surface area contributed by atoms with Crippen molar-refractivity contribution in [3.8, 4) is 5.75 Å². The molecule has 0 spiro atoms. The van der Waals surface area contributed by atoms with Gasteiger partial charge in [-0.15, -0.1) is 0 Å². The van der Waals surface area contributed by atoms with E-state index in [0.717, 1.165) is 38.7 Å². The summed E-state index contributed by atoms with van der Waals surface area (Å²) in [5.74, 6) is 0.477. The minimum Gasteiger partial charge on any atom is -0.494 e. The van der Waals surface area contributed by atoms with Crippen molar-refractivity contribution < 1.29 is 14.1 Å². The molecule has 0 saturated carbocycles. The van der Waals surface area contributed by atoms with Gasteiger partial charge in [-0.25, -0.2) is 4.39 Å². The van der Waals surface area contributed by atoms with Crippen molar-refractivity contribution in [3.63, 3.8) is 0 Å². The zero-order valence-corrected chi connectivity index (χ0v) is 11.8. The molecule has 0 radical (unpaired) electrons. The van der Waals surface area contributed by atoms with E-state index >= 15 is 0 Å². The number of fused-ring (bicyclic) bond motifs is 1. The minimum absolute atomic E-state index is 0.0438. The molecule has 2 fully saturated rings. The normalized spacial score (nSPS) is 24.8. The second kappa shape index (κ2) is 5.48. The van der Waals surface area contributed by atoms with Gasteiger partial charge in [0.2, 0.25) is 0 Å². The Kier molecular flexibility index (Phi) is 3.67. The molecule has 3 rings (SSSR count). The molecule has 6 nitrogen and oxygen atoms in total. The zero-order chi connectivity index (χ0) is 15.0. The highest BCUT2D eigenvalue weighted by Crippen LogP contribution is 2.38. The van der Waals surface area contributed by atoms with E-state index in [-0.39, 0.29) is 11.4 Å². The number of nitrogens with zero attached hydrogens (tertiary/aromatic N) is 2. The molecule has 7 heteroatoms. The summed E-state index contributed by atoms with van der Waals surface area (Å²) in [6.07, 6.45) is 0.995. The molecule has 2 heterocycles. The molecule has 2 atom stereocenters. The number of rotatable bonds is 3. The molecule has 2 aliphatic rings. The predicted octanol–water partition coefficient (Wildman–Crippen LogP) is 1.79. The average molecular weight is 295 g/mol. The maximum atomic E-state index is 13.7. The third kappa shape index (κ3) is 2.53. The summed E-state index contributed by atoms with van der Waals surface area (Å²) in [4.78, 5) is 12.7. The SMILES string of the molecule is COc1cc(N2CCC3CNCC3C2)c([N+](=O)[O-])cc1F. The Morgan fingerprint density at radius 1 is 1.43 bits per heavy atom. The summed E-state index contributed by atoms with van der Waals surface area (Å²) in [5.41, 5.74) is 0.251. The van der Waals surface area contributed by atoms with Crippen molar-refractivity contribution in [3.05, 3.63) is 28.1 Å². The summed E-state index contributed by atoms with van der Waals surface area (Å²) in [6.45, 7) is 3.46. The summed E-state index contributed by atoms with van der Waals surface area (Å²) in [6, 6.07) is 2.39. The Labute approximate surface area is 122 Å². The van der Waals surface area contributed by atoms with Crippen molar-refractivity contribution in [2.75, 3.05) is 38.2 Å². The molecule has 0 bridgehead atoms. The molecular weight excluding hydrogens is 277 g/mol. The summed E-state index contributed by atoms with van der Waals surface area (Å²) in [5, 5.41) is 14.6. The lowest BCUT2D eigenvalue weighted by Gasteiger charge is -2.35. The predicted molar refractivity (Wildman–Crippen MR) is 76.3 cm³/mol. The number of nitro benzene ring substituents is 1. The highest BCUT2D eigenvalue weighted by molar-refractivity contribution is 5.66. The molecule has 1 N–H and O–H groups in total. The first-order valence-corrected chi connectivity index (χ1v) is 7.07.